The van der Waals surface area contributed by atoms with E-state index in [2.05, 4.69) is 10.3 Å². The van der Waals surface area contributed by atoms with Crippen LogP contribution in [-0.4, -0.2) is 38.5 Å². The van der Waals surface area contributed by atoms with E-state index >= 15 is 0 Å². The van der Waals surface area contributed by atoms with Crippen LogP contribution in [0, 0.1) is 0 Å². The van der Waals surface area contributed by atoms with E-state index in [0.29, 0.717) is 6.42 Å². The lowest BCUT2D eigenvalue weighted by molar-refractivity contribution is -0.144. The molecule has 114 valence electrons. The van der Waals surface area contributed by atoms with Crippen molar-refractivity contribution >= 4 is 17.7 Å². The lowest BCUT2D eigenvalue weighted by atomic mass is 9.95. The Morgan fingerprint density at radius 3 is 2.85 bits per heavy atom. The molecule has 20 heavy (non-hydrogen) atoms. The highest BCUT2D eigenvalue weighted by molar-refractivity contribution is 7.99. The lowest BCUT2D eigenvalue weighted by Gasteiger charge is -2.26. The number of aromatic nitrogens is 2. The van der Waals surface area contributed by atoms with Crippen LogP contribution in [0.15, 0.2) is 17.6 Å². The van der Waals surface area contributed by atoms with Gasteiger partial charge in [0.15, 0.2) is 5.16 Å². The number of carboxylic acid groups (broad SMARTS) is 1. The van der Waals surface area contributed by atoms with E-state index in [4.69, 9.17) is 0 Å². The summed E-state index contributed by atoms with van der Waals surface area (Å²) in [6, 6.07) is 0. The molecule has 5 nitrogen and oxygen atoms in total. The van der Waals surface area contributed by atoms with Crippen molar-refractivity contribution in [3.63, 3.8) is 0 Å². The fraction of sp³-hybridized carbons (Fsp3) is 0.714. The maximum atomic E-state index is 11.3. The maximum absolute atomic E-state index is 11.3. The molecule has 0 radical (unpaired) electrons. The van der Waals surface area contributed by atoms with Gasteiger partial charge in [0, 0.05) is 25.2 Å². The van der Waals surface area contributed by atoms with Crippen molar-refractivity contribution in [1.82, 2.24) is 14.9 Å². The molecule has 0 aliphatic heterocycles. The molecule has 1 atom stereocenters. The molecule has 0 aromatic carbocycles. The van der Waals surface area contributed by atoms with Crippen LogP contribution in [0.25, 0.3) is 0 Å². The highest BCUT2D eigenvalue weighted by atomic mass is 32.2. The second kappa shape index (κ2) is 8.32. The number of unbranched alkanes of at least 4 members (excludes halogenated alkanes) is 1. The molecule has 0 fully saturated rings. The molecule has 0 aliphatic carbocycles. The van der Waals surface area contributed by atoms with Crippen molar-refractivity contribution in [1.29, 1.82) is 0 Å². The third-order valence-electron chi connectivity index (χ3n) is 3.32. The molecular weight excluding hydrogens is 274 g/mol. The van der Waals surface area contributed by atoms with Crippen LogP contribution in [0.3, 0.4) is 0 Å². The molecule has 0 saturated heterocycles. The van der Waals surface area contributed by atoms with Crippen molar-refractivity contribution in [2.24, 2.45) is 7.05 Å². The van der Waals surface area contributed by atoms with Gasteiger partial charge in [-0.2, -0.15) is 0 Å². The second-order valence-corrected chi connectivity index (χ2v) is 6.25. The lowest BCUT2D eigenvalue weighted by Crippen LogP contribution is -2.49. The first kappa shape index (κ1) is 17.0. The van der Waals surface area contributed by atoms with Crippen LogP contribution < -0.4 is 5.32 Å². The molecule has 0 aliphatic rings. The molecule has 1 rings (SSSR count). The standard InChI is InChI=1S/C14H25N3O2S/c1-4-8-16-14(2,12(18)19)7-5-6-11-20-13-15-9-10-17(13)3/h9-10,16H,4-8,11H2,1-3H3,(H,18,19). The SMILES string of the molecule is CCCNC(C)(CCCCSc1nccn1C)C(=O)O. The highest BCUT2D eigenvalue weighted by Crippen LogP contribution is 2.19. The van der Waals surface area contributed by atoms with Crippen LogP contribution in [0.5, 0.6) is 0 Å². The van der Waals surface area contributed by atoms with Crippen LogP contribution in [0.4, 0.5) is 0 Å². The van der Waals surface area contributed by atoms with Gasteiger partial charge in [0.05, 0.1) is 0 Å². The normalized spacial score (nSPS) is 14.2. The highest BCUT2D eigenvalue weighted by Gasteiger charge is 2.31. The van der Waals surface area contributed by atoms with E-state index in [-0.39, 0.29) is 0 Å². The van der Waals surface area contributed by atoms with E-state index in [1.807, 2.05) is 24.7 Å². The summed E-state index contributed by atoms with van der Waals surface area (Å²) >= 11 is 1.71. The van der Waals surface area contributed by atoms with Crippen molar-refractivity contribution in [3.05, 3.63) is 12.4 Å². The Morgan fingerprint density at radius 1 is 1.55 bits per heavy atom. The molecule has 0 spiro atoms. The fourth-order valence-corrected chi connectivity index (χ4v) is 2.84. The first-order chi connectivity index (χ1) is 9.49. The fourth-order valence-electron chi connectivity index (χ4n) is 1.91. The largest absolute Gasteiger partial charge is 0.480 e. The van der Waals surface area contributed by atoms with Crippen LogP contribution in [0.2, 0.25) is 0 Å². The first-order valence-corrected chi connectivity index (χ1v) is 8.06. The number of aryl methyl sites for hydroxylation is 1. The van der Waals surface area contributed by atoms with Crippen molar-refractivity contribution in [2.45, 2.75) is 50.2 Å². The maximum Gasteiger partial charge on any atom is 0.323 e. The number of imidazole rings is 1. The quantitative estimate of drug-likeness (QED) is 0.513. The van der Waals surface area contributed by atoms with E-state index in [0.717, 1.165) is 36.7 Å². The summed E-state index contributed by atoms with van der Waals surface area (Å²) in [5.74, 6) is 0.205. The minimum Gasteiger partial charge on any atom is -0.480 e. The van der Waals surface area contributed by atoms with Crippen LogP contribution >= 0.6 is 11.8 Å². The average Bonchev–Trinajstić information content (AvgIpc) is 2.81. The van der Waals surface area contributed by atoms with Crippen LogP contribution in [-0.2, 0) is 11.8 Å². The Hall–Kier alpha value is -1.01. The third kappa shape index (κ3) is 5.17. The summed E-state index contributed by atoms with van der Waals surface area (Å²) in [5.41, 5.74) is -0.802. The van der Waals surface area contributed by atoms with E-state index in [1.54, 1.807) is 24.9 Å². The van der Waals surface area contributed by atoms with Gasteiger partial charge in [0.2, 0.25) is 0 Å². The summed E-state index contributed by atoms with van der Waals surface area (Å²) < 4.78 is 1.99. The smallest absolute Gasteiger partial charge is 0.323 e. The van der Waals surface area contributed by atoms with E-state index in [9.17, 15) is 9.90 Å². The number of rotatable bonds is 10. The molecule has 1 aromatic heterocycles. The Labute approximate surface area is 125 Å². The predicted molar refractivity (Wildman–Crippen MR) is 82.1 cm³/mol. The molecule has 2 N–H and O–H groups in total. The minimum absolute atomic E-state index is 0.656. The minimum atomic E-state index is -0.802. The molecule has 0 saturated carbocycles. The number of carbonyl (C=O) groups is 1. The van der Waals surface area contributed by atoms with Gasteiger partial charge in [0.25, 0.3) is 0 Å². The number of nitrogens with zero attached hydrogens (tertiary/aromatic N) is 2. The number of nitrogens with one attached hydrogen (secondary N) is 1. The molecular formula is C14H25N3O2S. The summed E-state index contributed by atoms with van der Waals surface area (Å²) in [4.78, 5) is 15.6. The van der Waals surface area contributed by atoms with Gasteiger partial charge in [0.1, 0.15) is 5.54 Å². The zero-order valence-corrected chi connectivity index (χ0v) is 13.4. The summed E-state index contributed by atoms with van der Waals surface area (Å²) in [6.45, 7) is 4.56. The summed E-state index contributed by atoms with van der Waals surface area (Å²) in [5, 5.41) is 13.5. The van der Waals surface area contributed by atoms with Gasteiger partial charge < -0.3 is 15.0 Å². The predicted octanol–water partition coefficient (Wildman–Crippen LogP) is 2.53. The average molecular weight is 299 g/mol. The Morgan fingerprint density at radius 2 is 2.30 bits per heavy atom. The van der Waals surface area contributed by atoms with E-state index in [1.165, 1.54) is 0 Å². The zero-order chi connectivity index (χ0) is 15.0. The van der Waals surface area contributed by atoms with E-state index < -0.39 is 11.5 Å². The van der Waals surface area contributed by atoms with Gasteiger partial charge in [-0.15, -0.1) is 0 Å². The van der Waals surface area contributed by atoms with Crippen molar-refractivity contribution in [3.8, 4) is 0 Å². The number of thioether (sulfide) groups is 1. The van der Waals surface area contributed by atoms with Gasteiger partial charge in [-0.05, 0) is 32.7 Å². The summed E-state index contributed by atoms with van der Waals surface area (Å²) in [6.07, 6.45) is 7.21. The van der Waals surface area contributed by atoms with Gasteiger partial charge in [-0.25, -0.2) is 4.98 Å². The molecule has 1 heterocycles. The van der Waals surface area contributed by atoms with Crippen molar-refractivity contribution < 1.29 is 9.90 Å². The van der Waals surface area contributed by atoms with Gasteiger partial charge in [-0.3, -0.25) is 4.79 Å². The topological polar surface area (TPSA) is 67.2 Å². The number of hydrogen-bond acceptors (Lipinski definition) is 4. The third-order valence-corrected chi connectivity index (χ3v) is 4.46. The van der Waals surface area contributed by atoms with Crippen LogP contribution in [0.1, 0.15) is 39.5 Å². The molecule has 6 heteroatoms. The number of aliphatic carboxylic acids is 1. The Balaban J connectivity index is 2.27. The van der Waals surface area contributed by atoms with Gasteiger partial charge in [-0.1, -0.05) is 25.1 Å². The molecule has 0 bridgehead atoms. The molecule has 0 amide bonds. The van der Waals surface area contributed by atoms with Gasteiger partial charge >= 0.3 is 5.97 Å². The monoisotopic (exact) mass is 299 g/mol. The van der Waals surface area contributed by atoms with Crippen molar-refractivity contribution in [2.75, 3.05) is 12.3 Å². The second-order valence-electron chi connectivity index (χ2n) is 5.19. The molecule has 1 aromatic rings. The first-order valence-electron chi connectivity index (χ1n) is 7.08. The Kier molecular flexibility index (Phi) is 7.09. The number of carboxylic acids is 1. The molecule has 1 unspecified atom stereocenters. The number of hydrogen-bond donors (Lipinski definition) is 2. The summed E-state index contributed by atoms with van der Waals surface area (Å²) in [7, 11) is 1.98. The zero-order valence-electron chi connectivity index (χ0n) is 12.6. The Bertz CT molecular complexity index is 422.